The second-order valence-corrected chi connectivity index (χ2v) is 3.21. The molecule has 2 fully saturated rings. The smallest absolute Gasteiger partial charge is 0.246 e. The van der Waals surface area contributed by atoms with E-state index in [2.05, 4.69) is 10.6 Å². The van der Waals surface area contributed by atoms with Crippen molar-refractivity contribution in [2.24, 2.45) is 0 Å². The fourth-order valence-corrected chi connectivity index (χ4v) is 1.21. The van der Waals surface area contributed by atoms with Gasteiger partial charge in [-0.25, -0.2) is 0 Å². The third-order valence-corrected chi connectivity index (χ3v) is 1.95. The Morgan fingerprint density at radius 1 is 1.00 bits per heavy atom. The van der Waals surface area contributed by atoms with Gasteiger partial charge in [-0.05, 0) is 12.8 Å². The molecular formula is C11H22N2O3. The zero-order chi connectivity index (χ0) is 12.2. The van der Waals surface area contributed by atoms with Gasteiger partial charge in [0.2, 0.25) is 11.8 Å². The third kappa shape index (κ3) is 8.23. The van der Waals surface area contributed by atoms with Crippen molar-refractivity contribution in [1.29, 1.82) is 0 Å². The highest BCUT2D eigenvalue weighted by Crippen LogP contribution is 1.98. The lowest BCUT2D eigenvalue weighted by Gasteiger charge is -2.10. The highest BCUT2D eigenvalue weighted by Gasteiger charge is 2.04. The molecule has 2 N–H and O–H groups in total. The minimum absolute atomic E-state index is 0.00810. The molecule has 0 aromatic rings. The number of morpholine rings is 1. The van der Waals surface area contributed by atoms with E-state index in [-0.39, 0.29) is 18.4 Å². The van der Waals surface area contributed by atoms with Crippen molar-refractivity contribution < 1.29 is 14.3 Å². The Labute approximate surface area is 96.9 Å². The molecular weight excluding hydrogens is 208 g/mol. The summed E-state index contributed by atoms with van der Waals surface area (Å²) in [6, 6.07) is 0. The number of carbonyl (C=O) groups is 2. The van der Waals surface area contributed by atoms with Crippen molar-refractivity contribution in [3.05, 3.63) is 0 Å². The van der Waals surface area contributed by atoms with Crippen LogP contribution in [0.1, 0.15) is 33.1 Å². The van der Waals surface area contributed by atoms with Crippen LogP contribution in [0.15, 0.2) is 0 Å². The number of hydrogen-bond donors (Lipinski definition) is 2. The molecule has 0 aliphatic carbocycles. The summed E-state index contributed by atoms with van der Waals surface area (Å²) in [4.78, 5) is 20.6. The number of rotatable bonds is 0. The largest absolute Gasteiger partial charge is 0.370 e. The first kappa shape index (κ1) is 14.9. The fourth-order valence-electron chi connectivity index (χ4n) is 1.21. The zero-order valence-corrected chi connectivity index (χ0v) is 10.2. The highest BCUT2D eigenvalue weighted by molar-refractivity contribution is 5.77. The predicted octanol–water partition coefficient (Wildman–Crippen LogP) is 0.446. The van der Waals surface area contributed by atoms with Gasteiger partial charge in [-0.15, -0.1) is 0 Å². The normalized spacial score (nSPS) is 19.1. The Kier molecular flexibility index (Phi) is 9.70. The van der Waals surface area contributed by atoms with Crippen LogP contribution in [0.5, 0.6) is 0 Å². The number of amides is 2. The van der Waals surface area contributed by atoms with Gasteiger partial charge in [0.05, 0.1) is 6.61 Å². The first-order valence-corrected chi connectivity index (χ1v) is 5.90. The van der Waals surface area contributed by atoms with Crippen LogP contribution in [0.2, 0.25) is 0 Å². The minimum atomic E-state index is -0.00810. The molecule has 0 saturated carbocycles. The molecule has 0 atom stereocenters. The maximum Gasteiger partial charge on any atom is 0.246 e. The third-order valence-electron chi connectivity index (χ3n) is 1.95. The van der Waals surface area contributed by atoms with Gasteiger partial charge in [-0.3, -0.25) is 9.59 Å². The second kappa shape index (κ2) is 10.4. The molecule has 2 aliphatic rings. The van der Waals surface area contributed by atoms with E-state index >= 15 is 0 Å². The lowest BCUT2D eigenvalue weighted by Crippen LogP contribution is -2.36. The molecule has 0 spiro atoms. The van der Waals surface area contributed by atoms with Gasteiger partial charge < -0.3 is 15.4 Å². The Morgan fingerprint density at radius 3 is 1.94 bits per heavy atom. The SMILES string of the molecule is CC.O=C1CCCCN1.O=C1COCCN1. The predicted molar refractivity (Wildman–Crippen MR) is 62.0 cm³/mol. The standard InChI is InChI=1S/C5H9NO.C4H7NO2.C2H6/c7-5-3-1-2-4-6-5;6-4-3-7-2-1-5-4;1-2/h1-4H2,(H,6,7);1-3H2,(H,5,6);1-2H3. The molecule has 2 heterocycles. The van der Waals surface area contributed by atoms with Gasteiger partial charge >= 0.3 is 0 Å². The number of hydrogen-bond acceptors (Lipinski definition) is 3. The maximum absolute atomic E-state index is 10.4. The second-order valence-electron chi connectivity index (χ2n) is 3.21. The van der Waals surface area contributed by atoms with Crippen molar-refractivity contribution in [3.63, 3.8) is 0 Å². The Bertz CT molecular complexity index is 169. The molecule has 16 heavy (non-hydrogen) atoms. The average Bonchev–Trinajstić information content (AvgIpc) is 2.34. The van der Waals surface area contributed by atoms with Crippen LogP contribution in [0.25, 0.3) is 0 Å². The molecule has 0 aromatic carbocycles. The molecule has 0 unspecified atom stereocenters. The fraction of sp³-hybridized carbons (Fsp3) is 0.818. The maximum atomic E-state index is 10.4. The summed E-state index contributed by atoms with van der Waals surface area (Å²) in [6.45, 7) is 6.45. The van der Waals surface area contributed by atoms with E-state index in [9.17, 15) is 9.59 Å². The van der Waals surface area contributed by atoms with Gasteiger partial charge in [0.1, 0.15) is 6.61 Å². The molecule has 0 radical (unpaired) electrons. The molecule has 5 nitrogen and oxygen atoms in total. The summed E-state index contributed by atoms with van der Waals surface area (Å²) in [5, 5.41) is 5.36. The van der Waals surface area contributed by atoms with E-state index in [1.807, 2.05) is 13.8 Å². The first-order chi connectivity index (χ1) is 7.79. The van der Waals surface area contributed by atoms with Crippen LogP contribution in [-0.4, -0.2) is 38.1 Å². The summed E-state index contributed by atoms with van der Waals surface area (Å²) < 4.78 is 4.77. The molecule has 5 heteroatoms. The van der Waals surface area contributed by atoms with Crippen LogP contribution in [0, 0.1) is 0 Å². The highest BCUT2D eigenvalue weighted by atomic mass is 16.5. The first-order valence-electron chi connectivity index (χ1n) is 5.90. The van der Waals surface area contributed by atoms with Crippen LogP contribution >= 0.6 is 0 Å². The van der Waals surface area contributed by atoms with Crippen molar-refractivity contribution in [1.82, 2.24) is 10.6 Å². The van der Waals surface area contributed by atoms with Crippen LogP contribution < -0.4 is 10.6 Å². The van der Waals surface area contributed by atoms with Gasteiger partial charge in [-0.2, -0.15) is 0 Å². The van der Waals surface area contributed by atoms with Crippen molar-refractivity contribution in [3.8, 4) is 0 Å². The summed E-state index contributed by atoms with van der Waals surface area (Å²) in [7, 11) is 0. The van der Waals surface area contributed by atoms with E-state index in [0.29, 0.717) is 13.2 Å². The van der Waals surface area contributed by atoms with Gasteiger partial charge in [-0.1, -0.05) is 13.8 Å². The van der Waals surface area contributed by atoms with Gasteiger partial charge in [0.15, 0.2) is 0 Å². The molecule has 0 aromatic heterocycles. The number of piperidine rings is 1. The van der Waals surface area contributed by atoms with E-state index < -0.39 is 0 Å². The number of nitrogens with one attached hydrogen (secondary N) is 2. The van der Waals surface area contributed by atoms with Crippen LogP contribution in [0.3, 0.4) is 0 Å². The van der Waals surface area contributed by atoms with Crippen LogP contribution in [0.4, 0.5) is 0 Å². The Morgan fingerprint density at radius 2 is 1.69 bits per heavy atom. The number of carbonyl (C=O) groups excluding carboxylic acids is 2. The summed E-state index contributed by atoms with van der Waals surface area (Å²) in [5.74, 6) is 0.206. The quantitative estimate of drug-likeness (QED) is 0.634. The monoisotopic (exact) mass is 230 g/mol. The van der Waals surface area contributed by atoms with Gasteiger partial charge in [0, 0.05) is 19.5 Å². The van der Waals surface area contributed by atoms with E-state index in [1.165, 1.54) is 0 Å². The number of ether oxygens (including phenoxy) is 1. The molecule has 2 amide bonds. The van der Waals surface area contributed by atoms with Gasteiger partial charge in [0.25, 0.3) is 0 Å². The Hall–Kier alpha value is -1.10. The minimum Gasteiger partial charge on any atom is -0.370 e. The lowest BCUT2D eigenvalue weighted by molar-refractivity contribution is -0.129. The zero-order valence-electron chi connectivity index (χ0n) is 10.2. The molecule has 94 valence electrons. The summed E-state index contributed by atoms with van der Waals surface area (Å²) in [5.41, 5.74) is 0. The Balaban J connectivity index is 0.000000244. The molecule has 2 rings (SSSR count). The van der Waals surface area contributed by atoms with Crippen molar-refractivity contribution >= 4 is 11.8 Å². The van der Waals surface area contributed by atoms with Crippen LogP contribution in [-0.2, 0) is 14.3 Å². The average molecular weight is 230 g/mol. The summed E-state index contributed by atoms with van der Waals surface area (Å²) in [6.07, 6.45) is 2.97. The topological polar surface area (TPSA) is 67.4 Å². The van der Waals surface area contributed by atoms with E-state index in [1.54, 1.807) is 0 Å². The summed E-state index contributed by atoms with van der Waals surface area (Å²) >= 11 is 0. The van der Waals surface area contributed by atoms with Crippen molar-refractivity contribution in [2.75, 3.05) is 26.3 Å². The lowest BCUT2D eigenvalue weighted by atomic mass is 10.2. The van der Waals surface area contributed by atoms with E-state index in [4.69, 9.17) is 4.74 Å². The van der Waals surface area contributed by atoms with Crippen molar-refractivity contribution in [2.45, 2.75) is 33.1 Å². The molecule has 2 saturated heterocycles. The van der Waals surface area contributed by atoms with E-state index in [0.717, 1.165) is 25.8 Å². The molecule has 2 aliphatic heterocycles. The molecule has 0 bridgehead atoms.